The van der Waals surface area contributed by atoms with E-state index in [-0.39, 0.29) is 18.0 Å². The highest BCUT2D eigenvalue weighted by molar-refractivity contribution is 7.89. The van der Waals surface area contributed by atoms with E-state index >= 15 is 0 Å². The molecule has 4 nitrogen and oxygen atoms in total. The third-order valence-corrected chi connectivity index (χ3v) is 5.36. The first kappa shape index (κ1) is 16.0. The Morgan fingerprint density at radius 2 is 1.71 bits per heavy atom. The minimum atomic E-state index is -3.57. The zero-order valence-electron chi connectivity index (χ0n) is 11.7. The Balaban J connectivity index is 2.28. The average Bonchev–Trinajstić information content (AvgIpc) is 2.49. The summed E-state index contributed by atoms with van der Waals surface area (Å²) in [7, 11) is -2.02. The number of hydrogen-bond donors (Lipinski definition) is 1. The normalized spacial score (nSPS) is 11.8. The first-order valence-electron chi connectivity index (χ1n) is 6.44. The molecule has 0 atom stereocenters. The van der Waals surface area contributed by atoms with Crippen molar-refractivity contribution in [3.05, 3.63) is 64.7 Å². The van der Waals surface area contributed by atoms with Gasteiger partial charge in [-0.25, -0.2) is 8.42 Å². The molecule has 2 rings (SSSR count). The number of nitrogens with two attached hydrogens (primary N) is 1. The second-order valence-corrected chi connectivity index (χ2v) is 7.15. The van der Waals surface area contributed by atoms with Gasteiger partial charge in [0, 0.05) is 25.2 Å². The van der Waals surface area contributed by atoms with E-state index in [4.69, 9.17) is 17.3 Å². The van der Waals surface area contributed by atoms with Crippen LogP contribution in [0.4, 0.5) is 0 Å². The topological polar surface area (TPSA) is 63.4 Å². The van der Waals surface area contributed by atoms with Crippen LogP contribution in [0.1, 0.15) is 11.1 Å². The summed E-state index contributed by atoms with van der Waals surface area (Å²) >= 11 is 5.83. The molecule has 0 aliphatic heterocycles. The molecule has 0 unspecified atom stereocenters. The smallest absolute Gasteiger partial charge is 0.243 e. The molecule has 0 aliphatic rings. The Labute approximate surface area is 130 Å². The molecule has 2 aromatic carbocycles. The summed E-state index contributed by atoms with van der Waals surface area (Å²) < 4.78 is 26.6. The molecule has 2 N–H and O–H groups in total. The molecule has 112 valence electrons. The van der Waals surface area contributed by atoms with Crippen LogP contribution in [0.25, 0.3) is 0 Å². The van der Waals surface area contributed by atoms with Crippen molar-refractivity contribution in [1.29, 1.82) is 0 Å². The summed E-state index contributed by atoms with van der Waals surface area (Å²) in [6.45, 7) is 0.461. The highest BCUT2D eigenvalue weighted by Gasteiger charge is 2.23. The third kappa shape index (κ3) is 3.63. The van der Waals surface area contributed by atoms with Gasteiger partial charge in [0.15, 0.2) is 0 Å². The third-order valence-electron chi connectivity index (χ3n) is 3.20. The maximum absolute atomic E-state index is 12.6. The fourth-order valence-corrected chi connectivity index (χ4v) is 3.54. The van der Waals surface area contributed by atoms with E-state index < -0.39 is 10.0 Å². The number of halogens is 1. The molecule has 0 aliphatic carbocycles. The van der Waals surface area contributed by atoms with Gasteiger partial charge < -0.3 is 5.73 Å². The van der Waals surface area contributed by atoms with Crippen molar-refractivity contribution < 1.29 is 8.42 Å². The van der Waals surface area contributed by atoms with Gasteiger partial charge in [-0.15, -0.1) is 0 Å². The van der Waals surface area contributed by atoms with E-state index in [9.17, 15) is 8.42 Å². The van der Waals surface area contributed by atoms with Gasteiger partial charge >= 0.3 is 0 Å². The van der Waals surface area contributed by atoms with E-state index in [1.165, 1.54) is 4.31 Å². The lowest BCUT2D eigenvalue weighted by Gasteiger charge is -2.19. The lowest BCUT2D eigenvalue weighted by Crippen LogP contribution is -2.27. The lowest BCUT2D eigenvalue weighted by atomic mass is 10.2. The Morgan fingerprint density at radius 3 is 2.33 bits per heavy atom. The largest absolute Gasteiger partial charge is 0.326 e. The molecule has 6 heteroatoms. The Hall–Kier alpha value is -1.40. The summed E-state index contributed by atoms with van der Waals surface area (Å²) in [5, 5.41) is 0.623. The van der Waals surface area contributed by atoms with E-state index in [0.29, 0.717) is 10.6 Å². The van der Waals surface area contributed by atoms with Crippen molar-refractivity contribution in [2.45, 2.75) is 18.0 Å². The maximum atomic E-state index is 12.6. The molecule has 0 saturated heterocycles. The standard InChI is InChI=1S/C15H17ClN2O2S/c1-18(11-12-6-8-14(16)9-7-12)21(19,20)15-5-3-2-4-13(15)10-17/h2-9H,10-11,17H2,1H3. The first-order valence-corrected chi connectivity index (χ1v) is 8.25. The summed E-state index contributed by atoms with van der Waals surface area (Å²) in [6, 6.07) is 13.9. The number of rotatable bonds is 5. The van der Waals surface area contributed by atoms with Crippen LogP contribution in [0.3, 0.4) is 0 Å². The minimum Gasteiger partial charge on any atom is -0.326 e. The van der Waals surface area contributed by atoms with Crippen molar-refractivity contribution in [3.63, 3.8) is 0 Å². The van der Waals surface area contributed by atoms with Gasteiger partial charge in [0.05, 0.1) is 4.90 Å². The van der Waals surface area contributed by atoms with Gasteiger partial charge in [-0.3, -0.25) is 0 Å². The van der Waals surface area contributed by atoms with Crippen molar-refractivity contribution in [1.82, 2.24) is 4.31 Å². The van der Waals surface area contributed by atoms with Crippen LogP contribution in [0.15, 0.2) is 53.4 Å². The molecule has 2 aromatic rings. The van der Waals surface area contributed by atoms with Crippen LogP contribution < -0.4 is 5.73 Å². The van der Waals surface area contributed by atoms with E-state index in [1.807, 2.05) is 12.1 Å². The quantitative estimate of drug-likeness (QED) is 0.919. The SMILES string of the molecule is CN(Cc1ccc(Cl)cc1)S(=O)(=O)c1ccccc1CN. The van der Waals surface area contributed by atoms with Gasteiger partial charge in [-0.05, 0) is 29.3 Å². The molecule has 0 amide bonds. The number of sulfonamides is 1. The van der Waals surface area contributed by atoms with Gasteiger partial charge in [-0.2, -0.15) is 4.31 Å². The van der Waals surface area contributed by atoms with Crippen LogP contribution in [-0.4, -0.2) is 19.8 Å². The van der Waals surface area contributed by atoms with Crippen LogP contribution >= 0.6 is 11.6 Å². The van der Waals surface area contributed by atoms with E-state index in [0.717, 1.165) is 5.56 Å². The molecule has 21 heavy (non-hydrogen) atoms. The number of benzene rings is 2. The lowest BCUT2D eigenvalue weighted by molar-refractivity contribution is 0.466. The van der Waals surface area contributed by atoms with Gasteiger partial charge in [0.25, 0.3) is 0 Å². The molecule has 0 heterocycles. The highest BCUT2D eigenvalue weighted by atomic mass is 35.5. The number of hydrogen-bond acceptors (Lipinski definition) is 3. The average molecular weight is 325 g/mol. The van der Waals surface area contributed by atoms with Gasteiger partial charge in [0.1, 0.15) is 0 Å². The summed E-state index contributed by atoms with van der Waals surface area (Å²) in [6.07, 6.45) is 0. The van der Waals surface area contributed by atoms with Crippen molar-refractivity contribution >= 4 is 21.6 Å². The fraction of sp³-hybridized carbons (Fsp3) is 0.200. The zero-order valence-corrected chi connectivity index (χ0v) is 13.2. The summed E-state index contributed by atoms with van der Waals surface area (Å²) in [5.74, 6) is 0. The molecule has 0 aromatic heterocycles. The van der Waals surface area contributed by atoms with Crippen LogP contribution in [0.5, 0.6) is 0 Å². The zero-order chi connectivity index (χ0) is 15.5. The summed E-state index contributed by atoms with van der Waals surface area (Å²) in [4.78, 5) is 0.254. The first-order chi connectivity index (χ1) is 9.95. The molecule has 0 radical (unpaired) electrons. The van der Waals surface area contributed by atoms with E-state index in [1.54, 1.807) is 43.4 Å². The Bertz CT molecular complexity index is 715. The van der Waals surface area contributed by atoms with Crippen LogP contribution in [-0.2, 0) is 23.1 Å². The molecule has 0 fully saturated rings. The molecule has 0 bridgehead atoms. The van der Waals surface area contributed by atoms with Crippen LogP contribution in [0, 0.1) is 0 Å². The van der Waals surface area contributed by atoms with Gasteiger partial charge in [0.2, 0.25) is 10.0 Å². The van der Waals surface area contributed by atoms with Gasteiger partial charge in [-0.1, -0.05) is 41.9 Å². The Kier molecular flexibility index (Phi) is 5.00. The Morgan fingerprint density at radius 1 is 1.10 bits per heavy atom. The van der Waals surface area contributed by atoms with Crippen molar-refractivity contribution in [2.24, 2.45) is 5.73 Å². The predicted molar refractivity (Wildman–Crippen MR) is 84.4 cm³/mol. The second-order valence-electron chi connectivity index (χ2n) is 4.70. The maximum Gasteiger partial charge on any atom is 0.243 e. The summed E-state index contributed by atoms with van der Waals surface area (Å²) in [5.41, 5.74) is 7.10. The minimum absolute atomic E-state index is 0.185. The molecular formula is C15H17ClN2O2S. The predicted octanol–water partition coefficient (Wildman–Crippen LogP) is 2.62. The van der Waals surface area contributed by atoms with Crippen molar-refractivity contribution in [3.8, 4) is 0 Å². The molecular weight excluding hydrogens is 308 g/mol. The fourth-order valence-electron chi connectivity index (χ4n) is 2.02. The van der Waals surface area contributed by atoms with Crippen molar-refractivity contribution in [2.75, 3.05) is 7.05 Å². The monoisotopic (exact) mass is 324 g/mol. The second kappa shape index (κ2) is 6.58. The highest BCUT2D eigenvalue weighted by Crippen LogP contribution is 2.21. The van der Waals surface area contributed by atoms with Crippen LogP contribution in [0.2, 0.25) is 5.02 Å². The molecule has 0 saturated carbocycles. The molecule has 0 spiro atoms. The van der Waals surface area contributed by atoms with E-state index in [2.05, 4.69) is 0 Å². The number of nitrogens with zero attached hydrogens (tertiary/aromatic N) is 1.